The van der Waals surface area contributed by atoms with Crippen molar-refractivity contribution in [1.29, 1.82) is 0 Å². The number of carbonyl (C=O) groups is 1. The summed E-state index contributed by atoms with van der Waals surface area (Å²) in [6.07, 6.45) is 0.601. The normalized spacial score (nSPS) is 12.3. The molecule has 0 unspecified atom stereocenters. The van der Waals surface area contributed by atoms with Gasteiger partial charge in [0.15, 0.2) is 0 Å². The van der Waals surface area contributed by atoms with Crippen LogP contribution in [0.15, 0.2) is 10.2 Å². The molecule has 0 radical (unpaired) electrons. The minimum atomic E-state index is -1.23. The van der Waals surface area contributed by atoms with Crippen LogP contribution in [0, 0.1) is 0 Å². The van der Waals surface area contributed by atoms with Gasteiger partial charge in [0, 0.05) is 0 Å². The van der Waals surface area contributed by atoms with Gasteiger partial charge in [0.1, 0.15) is 0 Å². The first-order chi connectivity index (χ1) is 4.98. The van der Waals surface area contributed by atoms with Crippen LogP contribution in [-0.2, 0) is 0 Å². The summed E-state index contributed by atoms with van der Waals surface area (Å²) in [5.74, 6) is 0. The third kappa shape index (κ3) is 5.51. The fourth-order valence-electron chi connectivity index (χ4n) is 0.840. The van der Waals surface area contributed by atoms with Crippen molar-refractivity contribution in [2.45, 2.75) is 39.2 Å². The van der Waals surface area contributed by atoms with Gasteiger partial charge in [-0.15, -0.1) is 0 Å². The van der Waals surface area contributed by atoms with Crippen molar-refractivity contribution in [3.8, 4) is 0 Å². The number of hydrogen-bond acceptors (Lipinski definition) is 2. The lowest BCUT2D eigenvalue weighted by Gasteiger charge is -2.15. The van der Waals surface area contributed by atoms with Gasteiger partial charge in [-0.2, -0.15) is 5.11 Å². The molecular weight excluding hydrogens is 144 g/mol. The van der Waals surface area contributed by atoms with Crippen LogP contribution in [-0.4, -0.2) is 16.7 Å². The molecule has 0 rings (SSSR count). The van der Waals surface area contributed by atoms with Crippen molar-refractivity contribution < 1.29 is 9.90 Å². The maximum Gasteiger partial charge on any atom is 0.449 e. The molecule has 0 saturated carbocycles. The molecule has 0 aromatic rings. The highest BCUT2D eigenvalue weighted by molar-refractivity contribution is 5.64. The van der Waals surface area contributed by atoms with E-state index >= 15 is 0 Å². The fourth-order valence-corrected chi connectivity index (χ4v) is 0.840. The smallest absolute Gasteiger partial charge is 0.449 e. The molecule has 0 spiro atoms. The molecule has 0 aromatic carbocycles. The number of azo groups is 1. The monoisotopic (exact) mass is 158 g/mol. The standard InChI is InChI=1S/C7H14N2O2/c1-4-5-7(2,3)9-8-6(10)11/h4-5H2,1-3H3,(H,10,11). The van der Waals surface area contributed by atoms with E-state index in [1.165, 1.54) is 0 Å². The van der Waals surface area contributed by atoms with E-state index in [2.05, 4.69) is 10.2 Å². The van der Waals surface area contributed by atoms with E-state index in [1.807, 2.05) is 20.8 Å². The van der Waals surface area contributed by atoms with Crippen molar-refractivity contribution in [3.05, 3.63) is 0 Å². The Morgan fingerprint density at radius 1 is 1.55 bits per heavy atom. The molecule has 0 aliphatic rings. The molecular formula is C7H14N2O2. The van der Waals surface area contributed by atoms with Crippen molar-refractivity contribution in [1.82, 2.24) is 0 Å². The van der Waals surface area contributed by atoms with Crippen LogP contribution in [0.1, 0.15) is 33.6 Å². The highest BCUT2D eigenvalue weighted by atomic mass is 16.4. The van der Waals surface area contributed by atoms with E-state index < -0.39 is 6.09 Å². The Bertz CT molecular complexity index is 164. The van der Waals surface area contributed by atoms with Crippen LogP contribution in [0.5, 0.6) is 0 Å². The van der Waals surface area contributed by atoms with Gasteiger partial charge >= 0.3 is 6.09 Å². The molecule has 0 aliphatic carbocycles. The second kappa shape index (κ2) is 4.05. The van der Waals surface area contributed by atoms with Crippen LogP contribution < -0.4 is 0 Å². The number of hydrogen-bond donors (Lipinski definition) is 1. The minimum absolute atomic E-state index is 0.340. The zero-order chi connectivity index (χ0) is 8.91. The number of rotatable bonds is 3. The van der Waals surface area contributed by atoms with E-state index in [0.717, 1.165) is 12.8 Å². The largest absolute Gasteiger partial charge is 0.462 e. The summed E-state index contributed by atoms with van der Waals surface area (Å²) in [6, 6.07) is 0. The summed E-state index contributed by atoms with van der Waals surface area (Å²) < 4.78 is 0. The lowest BCUT2D eigenvalue weighted by Crippen LogP contribution is -2.15. The third-order valence-electron chi connectivity index (χ3n) is 1.27. The molecule has 0 saturated heterocycles. The Kier molecular flexibility index (Phi) is 3.71. The molecule has 1 amide bonds. The van der Waals surface area contributed by atoms with E-state index in [0.29, 0.717) is 0 Å². The molecule has 4 heteroatoms. The third-order valence-corrected chi connectivity index (χ3v) is 1.27. The lowest BCUT2D eigenvalue weighted by molar-refractivity contribution is 0.202. The Balaban J connectivity index is 3.99. The maximum atomic E-state index is 9.99. The molecule has 0 fully saturated rings. The Morgan fingerprint density at radius 3 is 2.45 bits per heavy atom. The maximum absolute atomic E-state index is 9.99. The molecule has 4 nitrogen and oxygen atoms in total. The van der Waals surface area contributed by atoms with Gasteiger partial charge < -0.3 is 5.11 Å². The van der Waals surface area contributed by atoms with Crippen LogP contribution in [0.4, 0.5) is 4.79 Å². The highest BCUT2D eigenvalue weighted by Crippen LogP contribution is 2.16. The minimum Gasteiger partial charge on any atom is -0.462 e. The Hall–Kier alpha value is -0.930. The molecule has 0 atom stereocenters. The van der Waals surface area contributed by atoms with E-state index in [1.54, 1.807) is 0 Å². The summed E-state index contributed by atoms with van der Waals surface area (Å²) in [4.78, 5) is 9.99. The van der Waals surface area contributed by atoms with E-state index in [9.17, 15) is 4.79 Å². The van der Waals surface area contributed by atoms with Crippen molar-refractivity contribution in [3.63, 3.8) is 0 Å². The Morgan fingerprint density at radius 2 is 2.09 bits per heavy atom. The average Bonchev–Trinajstić information content (AvgIpc) is 1.84. The zero-order valence-electron chi connectivity index (χ0n) is 7.16. The highest BCUT2D eigenvalue weighted by Gasteiger charge is 2.14. The summed E-state index contributed by atoms with van der Waals surface area (Å²) in [7, 11) is 0. The summed E-state index contributed by atoms with van der Waals surface area (Å²) in [5.41, 5.74) is -0.340. The van der Waals surface area contributed by atoms with Crippen molar-refractivity contribution >= 4 is 6.09 Å². The van der Waals surface area contributed by atoms with Crippen LogP contribution >= 0.6 is 0 Å². The molecule has 1 N–H and O–H groups in total. The summed E-state index contributed by atoms with van der Waals surface area (Å²) >= 11 is 0. The van der Waals surface area contributed by atoms with Gasteiger partial charge in [0.25, 0.3) is 0 Å². The van der Waals surface area contributed by atoms with E-state index in [-0.39, 0.29) is 5.54 Å². The predicted molar refractivity (Wildman–Crippen MR) is 41.9 cm³/mol. The number of carboxylic acid groups (broad SMARTS) is 1. The molecule has 0 bridgehead atoms. The number of nitrogens with zero attached hydrogens (tertiary/aromatic N) is 2. The number of amides is 1. The molecule has 0 aromatic heterocycles. The van der Waals surface area contributed by atoms with Crippen LogP contribution in [0.3, 0.4) is 0 Å². The van der Waals surface area contributed by atoms with Crippen molar-refractivity contribution in [2.75, 3.05) is 0 Å². The van der Waals surface area contributed by atoms with Gasteiger partial charge in [0.2, 0.25) is 0 Å². The summed E-state index contributed by atoms with van der Waals surface area (Å²) in [5, 5.41) is 14.9. The van der Waals surface area contributed by atoms with Crippen molar-refractivity contribution in [2.24, 2.45) is 10.2 Å². The van der Waals surface area contributed by atoms with Gasteiger partial charge in [-0.1, -0.05) is 18.5 Å². The second-order valence-electron chi connectivity index (χ2n) is 3.05. The average molecular weight is 158 g/mol. The quantitative estimate of drug-likeness (QED) is 0.642. The van der Waals surface area contributed by atoms with Gasteiger partial charge in [-0.3, -0.25) is 0 Å². The molecule has 64 valence electrons. The fraction of sp³-hybridized carbons (Fsp3) is 0.857. The SMILES string of the molecule is CCCC(C)(C)N=NC(=O)O. The first-order valence-corrected chi connectivity index (χ1v) is 3.64. The first-order valence-electron chi connectivity index (χ1n) is 3.64. The van der Waals surface area contributed by atoms with Gasteiger partial charge in [-0.05, 0) is 20.3 Å². The second-order valence-corrected chi connectivity index (χ2v) is 3.05. The van der Waals surface area contributed by atoms with Crippen LogP contribution in [0.25, 0.3) is 0 Å². The Labute approximate surface area is 66.3 Å². The molecule has 0 aliphatic heterocycles. The molecule has 11 heavy (non-hydrogen) atoms. The summed E-state index contributed by atoms with van der Waals surface area (Å²) in [6.45, 7) is 5.75. The lowest BCUT2D eigenvalue weighted by atomic mass is 10.0. The van der Waals surface area contributed by atoms with Gasteiger partial charge in [-0.25, -0.2) is 4.79 Å². The predicted octanol–water partition coefficient (Wildman–Crippen LogP) is 2.70. The van der Waals surface area contributed by atoms with Gasteiger partial charge in [0.05, 0.1) is 5.54 Å². The van der Waals surface area contributed by atoms with E-state index in [4.69, 9.17) is 5.11 Å². The topological polar surface area (TPSA) is 62.0 Å². The first kappa shape index (κ1) is 10.1. The zero-order valence-corrected chi connectivity index (χ0v) is 7.16. The molecule has 0 heterocycles. The van der Waals surface area contributed by atoms with Crippen LogP contribution in [0.2, 0.25) is 0 Å².